The van der Waals surface area contributed by atoms with Gasteiger partial charge >= 0.3 is 19.8 Å². The molecule has 0 aliphatic rings. The lowest BCUT2D eigenvalue weighted by atomic mass is 10.0. The van der Waals surface area contributed by atoms with Crippen LogP contribution in [0.5, 0.6) is 0 Å². The standard InChI is InChI=1S/C32H63O8P/c1-3-5-7-9-11-13-15-17-19-21-23-25-27-32(34)40-30(29-39-41(35,36)37)28-38-31(33)26-24-22-20-18-16-14-12-10-8-6-4-2/h30H,3-29H2,1-2H3,(H2,35,36,37). The monoisotopic (exact) mass is 606 g/mol. The zero-order chi connectivity index (χ0) is 30.4. The van der Waals surface area contributed by atoms with Gasteiger partial charge in [0.25, 0.3) is 0 Å². The second-order valence-electron chi connectivity index (χ2n) is 11.5. The molecule has 0 saturated heterocycles. The summed E-state index contributed by atoms with van der Waals surface area (Å²) in [7, 11) is -4.73. The number of carbonyl (C=O) groups is 2. The Balaban J connectivity index is 3.99. The maximum absolute atomic E-state index is 12.3. The predicted octanol–water partition coefficient (Wildman–Crippen LogP) is 9.34. The van der Waals surface area contributed by atoms with Crippen molar-refractivity contribution in [2.45, 2.75) is 180 Å². The highest BCUT2D eigenvalue weighted by atomic mass is 31.2. The molecule has 9 heteroatoms. The van der Waals surface area contributed by atoms with Crippen LogP contribution < -0.4 is 0 Å². The quantitative estimate of drug-likeness (QED) is 0.0455. The van der Waals surface area contributed by atoms with Crippen molar-refractivity contribution < 1.29 is 37.9 Å². The van der Waals surface area contributed by atoms with Crippen molar-refractivity contribution in [3.8, 4) is 0 Å². The van der Waals surface area contributed by atoms with Crippen LogP contribution >= 0.6 is 7.82 Å². The summed E-state index contributed by atoms with van der Waals surface area (Å²) in [4.78, 5) is 42.4. The summed E-state index contributed by atoms with van der Waals surface area (Å²) in [6.07, 6.45) is 26.8. The van der Waals surface area contributed by atoms with Crippen molar-refractivity contribution in [3.63, 3.8) is 0 Å². The molecule has 0 aromatic heterocycles. The first kappa shape index (κ1) is 40.1. The van der Waals surface area contributed by atoms with Gasteiger partial charge in [-0.1, -0.05) is 149 Å². The number of hydrogen-bond acceptors (Lipinski definition) is 6. The van der Waals surface area contributed by atoms with Gasteiger partial charge in [-0.15, -0.1) is 0 Å². The summed E-state index contributed by atoms with van der Waals surface area (Å²) in [5.74, 6) is -0.878. The molecule has 0 fully saturated rings. The van der Waals surface area contributed by atoms with Crippen molar-refractivity contribution in [1.82, 2.24) is 0 Å². The molecule has 0 spiro atoms. The lowest BCUT2D eigenvalue weighted by Crippen LogP contribution is -2.29. The van der Waals surface area contributed by atoms with Gasteiger partial charge in [0.15, 0.2) is 6.10 Å². The minimum absolute atomic E-state index is 0.219. The van der Waals surface area contributed by atoms with E-state index >= 15 is 0 Å². The Hall–Kier alpha value is -0.950. The molecule has 41 heavy (non-hydrogen) atoms. The van der Waals surface area contributed by atoms with E-state index in [0.717, 1.165) is 38.5 Å². The first-order chi connectivity index (χ1) is 19.8. The van der Waals surface area contributed by atoms with Crippen molar-refractivity contribution in [2.75, 3.05) is 13.2 Å². The lowest BCUT2D eigenvalue weighted by molar-refractivity contribution is -0.161. The van der Waals surface area contributed by atoms with E-state index < -0.39 is 32.5 Å². The van der Waals surface area contributed by atoms with Crippen LogP contribution in [0.4, 0.5) is 0 Å². The van der Waals surface area contributed by atoms with E-state index in [2.05, 4.69) is 18.4 Å². The van der Waals surface area contributed by atoms with Gasteiger partial charge in [0.05, 0.1) is 6.61 Å². The SMILES string of the molecule is CCCCCCCCCCCCCCC(=O)OC(COC(=O)CCCCCCCCCCCCC)COP(=O)(O)O. The second-order valence-corrected chi connectivity index (χ2v) is 12.7. The van der Waals surface area contributed by atoms with Crippen LogP contribution in [0.25, 0.3) is 0 Å². The molecular weight excluding hydrogens is 543 g/mol. The van der Waals surface area contributed by atoms with E-state index in [0.29, 0.717) is 6.42 Å². The van der Waals surface area contributed by atoms with Crippen molar-refractivity contribution >= 4 is 19.8 Å². The first-order valence-corrected chi connectivity index (χ1v) is 18.4. The summed E-state index contributed by atoms with van der Waals surface area (Å²) in [6.45, 7) is 3.66. The Bertz CT molecular complexity index is 652. The summed E-state index contributed by atoms with van der Waals surface area (Å²) >= 11 is 0. The zero-order valence-electron chi connectivity index (χ0n) is 26.5. The smallest absolute Gasteiger partial charge is 0.462 e. The highest BCUT2D eigenvalue weighted by Gasteiger charge is 2.22. The van der Waals surface area contributed by atoms with Crippen molar-refractivity contribution in [2.24, 2.45) is 0 Å². The van der Waals surface area contributed by atoms with E-state index in [1.54, 1.807) is 0 Å². The molecule has 0 aromatic rings. The van der Waals surface area contributed by atoms with Crippen LogP contribution in [0.2, 0.25) is 0 Å². The van der Waals surface area contributed by atoms with Gasteiger partial charge in [0.2, 0.25) is 0 Å². The average Bonchev–Trinajstić information content (AvgIpc) is 2.93. The third-order valence-corrected chi connectivity index (χ3v) is 7.86. The Morgan fingerprint density at radius 1 is 0.537 bits per heavy atom. The molecule has 0 rings (SSSR count). The minimum atomic E-state index is -4.73. The number of unbranched alkanes of at least 4 members (excludes halogenated alkanes) is 21. The van der Waals surface area contributed by atoms with Crippen LogP contribution in [-0.2, 0) is 28.2 Å². The Labute approximate surface area is 251 Å². The van der Waals surface area contributed by atoms with Crippen molar-refractivity contribution in [1.29, 1.82) is 0 Å². The highest BCUT2D eigenvalue weighted by Crippen LogP contribution is 2.36. The maximum Gasteiger partial charge on any atom is 0.469 e. The summed E-state index contributed by atoms with van der Waals surface area (Å²) in [5, 5.41) is 0. The maximum atomic E-state index is 12.3. The Kier molecular flexibility index (Phi) is 28.5. The molecule has 0 aromatic carbocycles. The van der Waals surface area contributed by atoms with Gasteiger partial charge < -0.3 is 19.3 Å². The molecule has 0 saturated carbocycles. The fourth-order valence-corrected chi connectivity index (χ4v) is 5.20. The Morgan fingerprint density at radius 3 is 1.24 bits per heavy atom. The van der Waals surface area contributed by atoms with E-state index in [-0.39, 0.29) is 19.4 Å². The van der Waals surface area contributed by atoms with E-state index in [4.69, 9.17) is 19.3 Å². The van der Waals surface area contributed by atoms with Gasteiger partial charge in [-0.05, 0) is 12.8 Å². The molecule has 0 aliphatic heterocycles. The third kappa shape index (κ3) is 31.8. The third-order valence-electron chi connectivity index (χ3n) is 7.38. The van der Waals surface area contributed by atoms with Crippen LogP contribution in [0.3, 0.4) is 0 Å². The fourth-order valence-electron chi connectivity index (χ4n) is 4.84. The Morgan fingerprint density at radius 2 is 0.878 bits per heavy atom. The van der Waals surface area contributed by atoms with Gasteiger partial charge in [0, 0.05) is 12.8 Å². The van der Waals surface area contributed by atoms with E-state index in [1.165, 1.54) is 103 Å². The largest absolute Gasteiger partial charge is 0.469 e. The molecule has 0 aliphatic carbocycles. The normalized spacial score (nSPS) is 12.4. The van der Waals surface area contributed by atoms with Crippen LogP contribution in [-0.4, -0.2) is 41.0 Å². The molecule has 0 radical (unpaired) electrons. The molecule has 2 N–H and O–H groups in total. The van der Waals surface area contributed by atoms with Crippen molar-refractivity contribution in [3.05, 3.63) is 0 Å². The summed E-state index contributed by atoms with van der Waals surface area (Å²) in [5.41, 5.74) is 0. The van der Waals surface area contributed by atoms with Gasteiger partial charge in [0.1, 0.15) is 6.61 Å². The number of rotatable bonds is 31. The molecule has 1 atom stereocenters. The number of phosphoric acid groups is 1. The van der Waals surface area contributed by atoms with Gasteiger partial charge in [-0.25, -0.2) is 4.57 Å². The molecule has 0 bridgehead atoms. The first-order valence-electron chi connectivity index (χ1n) is 16.8. The number of carbonyl (C=O) groups excluding carboxylic acids is 2. The van der Waals surface area contributed by atoms with E-state index in [1.807, 2.05) is 0 Å². The van der Waals surface area contributed by atoms with Gasteiger partial charge in [-0.2, -0.15) is 0 Å². The van der Waals surface area contributed by atoms with E-state index in [9.17, 15) is 14.2 Å². The molecule has 1 unspecified atom stereocenters. The van der Waals surface area contributed by atoms with Crippen LogP contribution in [0.15, 0.2) is 0 Å². The summed E-state index contributed by atoms with van der Waals surface area (Å²) in [6, 6.07) is 0. The predicted molar refractivity (Wildman–Crippen MR) is 166 cm³/mol. The minimum Gasteiger partial charge on any atom is -0.462 e. The number of esters is 2. The second kappa shape index (κ2) is 29.1. The molecule has 0 amide bonds. The number of phosphoric ester groups is 1. The molecular formula is C32H63O8P. The van der Waals surface area contributed by atoms with Crippen LogP contribution in [0, 0.1) is 0 Å². The summed E-state index contributed by atoms with van der Waals surface area (Å²) < 4.78 is 26.2. The molecule has 8 nitrogen and oxygen atoms in total. The van der Waals surface area contributed by atoms with Gasteiger partial charge in [-0.3, -0.25) is 14.1 Å². The zero-order valence-corrected chi connectivity index (χ0v) is 27.4. The highest BCUT2D eigenvalue weighted by molar-refractivity contribution is 7.46. The average molecular weight is 607 g/mol. The topological polar surface area (TPSA) is 119 Å². The number of ether oxygens (including phenoxy) is 2. The molecule has 244 valence electrons. The fraction of sp³-hybridized carbons (Fsp3) is 0.938. The number of hydrogen-bond donors (Lipinski definition) is 2. The lowest BCUT2D eigenvalue weighted by Gasteiger charge is -2.18. The van der Waals surface area contributed by atoms with Crippen LogP contribution in [0.1, 0.15) is 174 Å². The molecule has 0 heterocycles.